The molecule has 8 nitrogen and oxygen atoms in total. The molecule has 0 spiro atoms. The van der Waals surface area contributed by atoms with E-state index in [1.165, 1.54) is 37.8 Å². The lowest BCUT2D eigenvalue weighted by Crippen LogP contribution is -2.64. The van der Waals surface area contributed by atoms with Gasteiger partial charge in [0.15, 0.2) is 18.2 Å². The molecule has 180 valence electrons. The molecule has 2 saturated heterocycles. The van der Waals surface area contributed by atoms with Crippen molar-refractivity contribution >= 4 is 23.6 Å². The van der Waals surface area contributed by atoms with E-state index < -0.39 is 12.2 Å². The Bertz CT molecular complexity index is 837. The lowest BCUT2D eigenvalue weighted by Gasteiger charge is -2.41. The van der Waals surface area contributed by atoms with Crippen LogP contribution in [-0.2, 0) is 4.79 Å². The van der Waals surface area contributed by atoms with E-state index in [1.54, 1.807) is 11.9 Å². The Morgan fingerprint density at radius 1 is 0.909 bits per heavy atom. The number of benzene rings is 1. The molecule has 1 aromatic carbocycles. The van der Waals surface area contributed by atoms with E-state index in [0.29, 0.717) is 0 Å². The third kappa shape index (κ3) is 5.25. The van der Waals surface area contributed by atoms with E-state index in [-0.39, 0.29) is 11.9 Å². The van der Waals surface area contributed by atoms with Crippen LogP contribution in [0.15, 0.2) is 35.3 Å². The van der Waals surface area contributed by atoms with Crippen LogP contribution in [0.5, 0.6) is 0 Å². The van der Waals surface area contributed by atoms with Crippen LogP contribution in [0.2, 0.25) is 0 Å². The first-order chi connectivity index (χ1) is 16.1. The molecular weight excluding hydrogens is 416 g/mol. The number of unbranched alkanes of at least 4 members (excludes halogenated alkanes) is 6. The largest absolute Gasteiger partial charge is 0.368 e. The number of likely N-dealkylation sites (N-methyl/N-ethyl adjacent to an activating group) is 1. The molecule has 0 aliphatic carbocycles. The van der Waals surface area contributed by atoms with Gasteiger partial charge >= 0.3 is 6.03 Å². The van der Waals surface area contributed by atoms with E-state index in [1.807, 2.05) is 6.07 Å². The highest BCUT2D eigenvalue weighted by molar-refractivity contribution is 6.03. The minimum Gasteiger partial charge on any atom is -0.368 e. The summed E-state index contributed by atoms with van der Waals surface area (Å²) in [6.45, 7) is 6.54. The summed E-state index contributed by atoms with van der Waals surface area (Å²) in [4.78, 5) is 38.4. The van der Waals surface area contributed by atoms with Crippen LogP contribution in [0.25, 0.3) is 0 Å². The van der Waals surface area contributed by atoms with Gasteiger partial charge in [-0.3, -0.25) is 10.1 Å². The fourth-order valence-electron chi connectivity index (χ4n) is 5.06. The summed E-state index contributed by atoms with van der Waals surface area (Å²) in [5.74, 6) is 0.646. The summed E-state index contributed by atoms with van der Waals surface area (Å²) in [5.41, 5.74) is 1.24. The van der Waals surface area contributed by atoms with Crippen molar-refractivity contribution in [2.75, 3.05) is 44.7 Å². The van der Waals surface area contributed by atoms with Crippen molar-refractivity contribution in [3.05, 3.63) is 30.3 Å². The number of para-hydroxylation sites is 1. The molecule has 4 rings (SSSR count). The molecule has 2 fully saturated rings. The average Bonchev–Trinajstić information content (AvgIpc) is 3.23. The maximum absolute atomic E-state index is 12.8. The molecular formula is C25H38N6O2. The quantitative estimate of drug-likeness (QED) is 0.581. The number of amides is 3. The fourth-order valence-corrected chi connectivity index (χ4v) is 5.06. The highest BCUT2D eigenvalue weighted by atomic mass is 16.2. The zero-order valence-corrected chi connectivity index (χ0v) is 20.1. The lowest BCUT2D eigenvalue weighted by molar-refractivity contribution is -0.127. The van der Waals surface area contributed by atoms with Gasteiger partial charge in [-0.25, -0.2) is 9.79 Å². The van der Waals surface area contributed by atoms with E-state index in [2.05, 4.69) is 51.2 Å². The van der Waals surface area contributed by atoms with Crippen molar-refractivity contribution < 1.29 is 9.59 Å². The normalized spacial score (nSPS) is 23.0. The van der Waals surface area contributed by atoms with Crippen molar-refractivity contribution in [1.82, 2.24) is 20.0 Å². The highest BCUT2D eigenvalue weighted by Gasteiger charge is 2.49. The fraction of sp³-hybridized carbons (Fsp3) is 0.640. The number of nitrogens with one attached hydrogen (secondary N) is 1. The molecule has 8 heteroatoms. The van der Waals surface area contributed by atoms with Crippen molar-refractivity contribution in [3.8, 4) is 0 Å². The second kappa shape index (κ2) is 10.9. The topological polar surface area (TPSA) is 71.5 Å². The Hall–Kier alpha value is -2.77. The van der Waals surface area contributed by atoms with Gasteiger partial charge in [0.2, 0.25) is 0 Å². The predicted molar refractivity (Wildman–Crippen MR) is 131 cm³/mol. The summed E-state index contributed by atoms with van der Waals surface area (Å²) in [6, 6.07) is 9.68. The van der Waals surface area contributed by atoms with Gasteiger partial charge in [0.05, 0.1) is 0 Å². The van der Waals surface area contributed by atoms with Crippen LogP contribution in [0, 0.1) is 0 Å². The van der Waals surface area contributed by atoms with Gasteiger partial charge in [-0.05, 0) is 18.6 Å². The van der Waals surface area contributed by atoms with Crippen molar-refractivity contribution in [2.45, 2.75) is 64.1 Å². The first-order valence-electron chi connectivity index (χ1n) is 12.6. The third-order valence-corrected chi connectivity index (χ3v) is 7.03. The number of hydrogen-bond donors (Lipinski definition) is 1. The van der Waals surface area contributed by atoms with E-state index in [0.717, 1.165) is 51.5 Å². The van der Waals surface area contributed by atoms with Crippen LogP contribution in [0.1, 0.15) is 51.9 Å². The average molecular weight is 455 g/mol. The number of imide groups is 1. The SMILES string of the molecule is CCCCCCCCCN1C(N2CCN(c3ccccc3)CC2)=NC2C1C(=O)NC(=O)N2C. The summed E-state index contributed by atoms with van der Waals surface area (Å²) in [5, 5.41) is 2.51. The molecule has 0 saturated carbocycles. The molecule has 0 aromatic heterocycles. The molecule has 1 N–H and O–H groups in total. The second-order valence-electron chi connectivity index (χ2n) is 9.32. The van der Waals surface area contributed by atoms with E-state index >= 15 is 0 Å². The van der Waals surface area contributed by atoms with Crippen LogP contribution < -0.4 is 10.2 Å². The Morgan fingerprint density at radius 3 is 2.24 bits per heavy atom. The number of piperazine rings is 1. The molecule has 2 unspecified atom stereocenters. The molecule has 3 aliphatic heterocycles. The lowest BCUT2D eigenvalue weighted by atomic mass is 10.1. The standard InChI is InChI=1S/C25H38N6O2/c1-3-4-5-6-7-8-12-15-31-21-22(28(2)25(33)27-23(21)32)26-24(31)30-18-16-29(17-19-30)20-13-10-9-11-14-20/h9-11,13-14,21-22H,3-8,12,15-19H2,1-2H3,(H,27,32,33). The number of rotatable bonds is 9. The Kier molecular flexibility index (Phi) is 7.73. The summed E-state index contributed by atoms with van der Waals surface area (Å²) in [7, 11) is 1.73. The smallest absolute Gasteiger partial charge is 0.325 e. The zero-order valence-electron chi connectivity index (χ0n) is 20.1. The number of carbonyl (C=O) groups excluding carboxylic acids is 2. The second-order valence-corrected chi connectivity index (χ2v) is 9.32. The van der Waals surface area contributed by atoms with Crippen LogP contribution in [0.3, 0.4) is 0 Å². The molecule has 1 aromatic rings. The monoisotopic (exact) mass is 454 g/mol. The maximum Gasteiger partial charge on any atom is 0.325 e. The summed E-state index contributed by atoms with van der Waals surface area (Å²) < 4.78 is 0. The highest BCUT2D eigenvalue weighted by Crippen LogP contribution is 2.27. The van der Waals surface area contributed by atoms with Gasteiger partial charge in [0.1, 0.15) is 0 Å². The van der Waals surface area contributed by atoms with Crippen LogP contribution in [-0.4, -0.2) is 84.6 Å². The number of nitrogens with zero attached hydrogens (tertiary/aromatic N) is 5. The molecule has 3 aliphatic rings. The summed E-state index contributed by atoms with van der Waals surface area (Å²) in [6.07, 6.45) is 8.12. The van der Waals surface area contributed by atoms with Crippen LogP contribution in [0.4, 0.5) is 10.5 Å². The Balaban J connectivity index is 1.41. The van der Waals surface area contributed by atoms with Gasteiger partial charge < -0.3 is 19.6 Å². The predicted octanol–water partition coefficient (Wildman–Crippen LogP) is 3.11. The molecule has 33 heavy (non-hydrogen) atoms. The number of anilines is 1. The van der Waals surface area contributed by atoms with Crippen molar-refractivity contribution in [2.24, 2.45) is 4.99 Å². The Morgan fingerprint density at radius 2 is 1.55 bits per heavy atom. The minimum absolute atomic E-state index is 0.229. The number of hydrogen-bond acceptors (Lipinski definition) is 6. The summed E-state index contributed by atoms with van der Waals surface area (Å²) >= 11 is 0. The molecule has 0 bridgehead atoms. The van der Waals surface area contributed by atoms with Gasteiger partial charge in [0.25, 0.3) is 5.91 Å². The van der Waals surface area contributed by atoms with E-state index in [4.69, 9.17) is 4.99 Å². The molecule has 3 amide bonds. The number of guanidine groups is 1. The van der Waals surface area contributed by atoms with E-state index in [9.17, 15) is 9.59 Å². The molecule has 0 radical (unpaired) electrons. The maximum atomic E-state index is 12.8. The van der Waals surface area contributed by atoms with Crippen molar-refractivity contribution in [3.63, 3.8) is 0 Å². The third-order valence-electron chi connectivity index (χ3n) is 7.03. The number of fused-ring (bicyclic) bond motifs is 1. The number of carbonyl (C=O) groups is 2. The van der Waals surface area contributed by atoms with Gasteiger partial charge in [0, 0.05) is 45.5 Å². The minimum atomic E-state index is -0.446. The van der Waals surface area contributed by atoms with Gasteiger partial charge in [-0.2, -0.15) is 0 Å². The van der Waals surface area contributed by atoms with Gasteiger partial charge in [-0.1, -0.05) is 63.6 Å². The van der Waals surface area contributed by atoms with Gasteiger partial charge in [-0.15, -0.1) is 0 Å². The first-order valence-corrected chi connectivity index (χ1v) is 12.6. The molecule has 3 heterocycles. The molecule has 2 atom stereocenters. The Labute approximate surface area is 197 Å². The first kappa shape index (κ1) is 23.4. The number of aliphatic imine (C=N–C) groups is 1. The zero-order chi connectivity index (χ0) is 23.2. The van der Waals surface area contributed by atoms with Crippen molar-refractivity contribution in [1.29, 1.82) is 0 Å². The number of urea groups is 1. The van der Waals surface area contributed by atoms with Crippen LogP contribution >= 0.6 is 0 Å².